The molecule has 0 radical (unpaired) electrons. The van der Waals surface area contributed by atoms with Gasteiger partial charge >= 0.3 is 5.69 Å². The monoisotopic (exact) mass is 299 g/mol. The minimum absolute atomic E-state index is 0.0415. The van der Waals surface area contributed by atoms with E-state index in [1.807, 2.05) is 11.9 Å². The maximum Gasteiger partial charge on any atom is 0.332 e. The van der Waals surface area contributed by atoms with Gasteiger partial charge in [-0.3, -0.25) is 15.0 Å². The van der Waals surface area contributed by atoms with Gasteiger partial charge in [-0.15, -0.1) is 0 Å². The van der Waals surface area contributed by atoms with Crippen molar-refractivity contribution in [3.63, 3.8) is 0 Å². The van der Waals surface area contributed by atoms with E-state index in [1.54, 1.807) is 6.92 Å². The molecule has 0 atom stereocenters. The maximum absolute atomic E-state index is 11.3. The molecule has 8 heteroatoms. The van der Waals surface area contributed by atoms with Gasteiger partial charge in [0, 0.05) is 25.2 Å². The largest absolute Gasteiger partial charge is 0.348 e. The standard InChI is InChI=1S/C12H18ClN5O2/c1-8-9(18(19)20)10(15-11(13)14-8)17-6-5-16(4)12(2,3)7-17/h5-7H2,1-4H3. The molecule has 1 saturated heterocycles. The first-order chi connectivity index (χ1) is 9.22. The third kappa shape index (κ3) is 2.69. The lowest BCUT2D eigenvalue weighted by atomic mass is 9.99. The average Bonchev–Trinajstić information content (AvgIpc) is 2.30. The lowest BCUT2D eigenvalue weighted by Gasteiger charge is -2.45. The summed E-state index contributed by atoms with van der Waals surface area (Å²) in [5.41, 5.74) is 0.147. The smallest absolute Gasteiger partial charge is 0.332 e. The van der Waals surface area contributed by atoms with E-state index in [9.17, 15) is 10.1 Å². The summed E-state index contributed by atoms with van der Waals surface area (Å²) in [5.74, 6) is 0.314. The van der Waals surface area contributed by atoms with Crippen molar-refractivity contribution in [2.24, 2.45) is 0 Å². The molecule has 0 bridgehead atoms. The van der Waals surface area contributed by atoms with E-state index in [0.29, 0.717) is 24.6 Å². The fourth-order valence-electron chi connectivity index (χ4n) is 2.37. The zero-order valence-corrected chi connectivity index (χ0v) is 12.8. The molecule has 1 aliphatic heterocycles. The molecule has 7 nitrogen and oxygen atoms in total. The van der Waals surface area contributed by atoms with Crippen molar-refractivity contribution in [3.05, 3.63) is 21.1 Å². The van der Waals surface area contributed by atoms with Gasteiger partial charge in [0.15, 0.2) is 0 Å². The Balaban J connectivity index is 2.45. The molecular weight excluding hydrogens is 282 g/mol. The number of hydrogen-bond donors (Lipinski definition) is 0. The topological polar surface area (TPSA) is 75.4 Å². The van der Waals surface area contributed by atoms with E-state index in [4.69, 9.17) is 11.6 Å². The summed E-state index contributed by atoms with van der Waals surface area (Å²) in [6, 6.07) is 0. The van der Waals surface area contributed by atoms with Crippen molar-refractivity contribution < 1.29 is 4.92 Å². The van der Waals surface area contributed by atoms with Gasteiger partial charge in [0.1, 0.15) is 5.69 Å². The van der Waals surface area contributed by atoms with Crippen LogP contribution in [-0.2, 0) is 0 Å². The fourth-order valence-corrected chi connectivity index (χ4v) is 2.58. The lowest BCUT2D eigenvalue weighted by molar-refractivity contribution is -0.385. The maximum atomic E-state index is 11.3. The van der Waals surface area contributed by atoms with Crippen LogP contribution in [0.25, 0.3) is 0 Å². The van der Waals surface area contributed by atoms with Crippen LogP contribution in [0.3, 0.4) is 0 Å². The van der Waals surface area contributed by atoms with Crippen molar-refractivity contribution in [2.75, 3.05) is 31.6 Å². The highest BCUT2D eigenvalue weighted by Crippen LogP contribution is 2.32. The summed E-state index contributed by atoms with van der Waals surface area (Å²) in [4.78, 5) is 22.9. The van der Waals surface area contributed by atoms with Crippen LogP contribution in [0.1, 0.15) is 19.5 Å². The Hall–Kier alpha value is -1.47. The van der Waals surface area contributed by atoms with E-state index < -0.39 is 4.92 Å². The average molecular weight is 300 g/mol. The Morgan fingerprint density at radius 2 is 2.00 bits per heavy atom. The first-order valence-electron chi connectivity index (χ1n) is 6.37. The van der Waals surface area contributed by atoms with Crippen molar-refractivity contribution in [3.8, 4) is 0 Å². The normalized spacial score (nSPS) is 19.1. The number of piperazine rings is 1. The van der Waals surface area contributed by atoms with E-state index >= 15 is 0 Å². The van der Waals surface area contributed by atoms with E-state index in [0.717, 1.165) is 6.54 Å². The molecule has 1 aromatic heterocycles. The highest BCUT2D eigenvalue weighted by molar-refractivity contribution is 6.28. The minimum atomic E-state index is -0.438. The molecule has 1 aliphatic rings. The van der Waals surface area contributed by atoms with Gasteiger partial charge < -0.3 is 4.90 Å². The Morgan fingerprint density at radius 3 is 2.55 bits per heavy atom. The third-order valence-electron chi connectivity index (χ3n) is 3.81. The second-order valence-corrected chi connectivity index (χ2v) is 6.00. The summed E-state index contributed by atoms with van der Waals surface area (Å²) in [6.07, 6.45) is 0. The summed E-state index contributed by atoms with van der Waals surface area (Å²) in [7, 11) is 2.05. The van der Waals surface area contributed by atoms with Gasteiger partial charge in [-0.25, -0.2) is 4.98 Å². The van der Waals surface area contributed by atoms with Gasteiger partial charge in [-0.1, -0.05) is 0 Å². The van der Waals surface area contributed by atoms with Crippen molar-refractivity contribution in [2.45, 2.75) is 26.3 Å². The van der Waals surface area contributed by atoms with Crippen LogP contribution >= 0.6 is 11.6 Å². The first kappa shape index (κ1) is 14.9. The van der Waals surface area contributed by atoms with E-state index in [-0.39, 0.29) is 16.5 Å². The number of nitrogens with zero attached hydrogens (tertiary/aromatic N) is 5. The molecule has 2 rings (SSSR count). The summed E-state index contributed by atoms with van der Waals surface area (Å²) >= 11 is 5.86. The number of aromatic nitrogens is 2. The molecule has 1 fully saturated rings. The minimum Gasteiger partial charge on any atom is -0.348 e. The van der Waals surface area contributed by atoms with Crippen LogP contribution in [0.2, 0.25) is 5.28 Å². The van der Waals surface area contributed by atoms with Crippen molar-refractivity contribution in [1.82, 2.24) is 14.9 Å². The molecule has 0 N–H and O–H groups in total. The number of anilines is 1. The van der Waals surface area contributed by atoms with Gasteiger partial charge in [-0.05, 0) is 39.4 Å². The molecule has 0 amide bonds. The Labute approximate surface area is 122 Å². The van der Waals surface area contributed by atoms with Crippen LogP contribution in [0, 0.1) is 17.0 Å². The molecule has 1 aromatic rings. The number of nitro groups is 1. The summed E-state index contributed by atoms with van der Waals surface area (Å²) in [5, 5.41) is 11.3. The Bertz CT molecular complexity index is 549. The molecule has 110 valence electrons. The van der Waals surface area contributed by atoms with Crippen molar-refractivity contribution in [1.29, 1.82) is 0 Å². The second kappa shape index (κ2) is 5.14. The molecule has 0 aromatic carbocycles. The predicted octanol–water partition coefficient (Wildman–Crippen LogP) is 1.88. The number of aryl methyl sites for hydroxylation is 1. The van der Waals surface area contributed by atoms with E-state index in [1.165, 1.54) is 0 Å². The molecule has 0 saturated carbocycles. The van der Waals surface area contributed by atoms with Gasteiger partial charge in [0.2, 0.25) is 11.1 Å². The van der Waals surface area contributed by atoms with Crippen LogP contribution < -0.4 is 4.90 Å². The zero-order valence-electron chi connectivity index (χ0n) is 12.1. The summed E-state index contributed by atoms with van der Waals surface area (Å²) < 4.78 is 0. The molecule has 0 aliphatic carbocycles. The van der Waals surface area contributed by atoms with Crippen LogP contribution in [0.5, 0.6) is 0 Å². The molecule has 0 spiro atoms. The molecular formula is C12H18ClN5O2. The SMILES string of the molecule is Cc1nc(Cl)nc(N2CCN(C)C(C)(C)C2)c1[N+](=O)[O-]. The van der Waals surface area contributed by atoms with Crippen LogP contribution in [-0.4, -0.2) is 52.0 Å². The molecule has 0 unspecified atom stereocenters. The fraction of sp³-hybridized carbons (Fsp3) is 0.667. The third-order valence-corrected chi connectivity index (χ3v) is 3.98. The van der Waals surface area contributed by atoms with Gasteiger partial charge in [0.25, 0.3) is 0 Å². The number of halogens is 1. The first-order valence-corrected chi connectivity index (χ1v) is 6.75. The number of likely N-dealkylation sites (N-methyl/N-ethyl adjacent to an activating group) is 1. The van der Waals surface area contributed by atoms with Crippen LogP contribution in [0.15, 0.2) is 0 Å². The number of hydrogen-bond acceptors (Lipinski definition) is 6. The lowest BCUT2D eigenvalue weighted by Crippen LogP contribution is -2.58. The quantitative estimate of drug-likeness (QED) is 0.471. The predicted molar refractivity (Wildman–Crippen MR) is 77.4 cm³/mol. The molecule has 2 heterocycles. The van der Waals surface area contributed by atoms with Crippen LogP contribution in [0.4, 0.5) is 11.5 Å². The number of rotatable bonds is 2. The highest BCUT2D eigenvalue weighted by Gasteiger charge is 2.35. The van der Waals surface area contributed by atoms with Crippen molar-refractivity contribution >= 4 is 23.1 Å². The second-order valence-electron chi connectivity index (χ2n) is 5.66. The summed E-state index contributed by atoms with van der Waals surface area (Å²) in [6.45, 7) is 7.91. The van der Waals surface area contributed by atoms with E-state index in [2.05, 4.69) is 28.7 Å². The Morgan fingerprint density at radius 1 is 1.35 bits per heavy atom. The zero-order chi connectivity index (χ0) is 15.1. The molecule has 20 heavy (non-hydrogen) atoms. The van der Waals surface area contributed by atoms with Gasteiger partial charge in [-0.2, -0.15) is 4.98 Å². The Kier molecular flexibility index (Phi) is 3.84. The van der Waals surface area contributed by atoms with Gasteiger partial charge in [0.05, 0.1) is 4.92 Å². The highest BCUT2D eigenvalue weighted by atomic mass is 35.5.